The van der Waals surface area contributed by atoms with Gasteiger partial charge in [-0.25, -0.2) is 8.78 Å². The molecule has 2 aliphatic rings. The van der Waals surface area contributed by atoms with Crippen molar-refractivity contribution in [3.63, 3.8) is 0 Å². The summed E-state index contributed by atoms with van der Waals surface area (Å²) in [4.78, 5) is 11.8. The summed E-state index contributed by atoms with van der Waals surface area (Å²) in [5.74, 6) is -2.72. The van der Waals surface area contributed by atoms with Crippen LogP contribution in [0.25, 0.3) is 0 Å². The second kappa shape index (κ2) is 6.25. The van der Waals surface area contributed by atoms with Crippen molar-refractivity contribution in [2.45, 2.75) is 57.2 Å². The third-order valence-electron chi connectivity index (χ3n) is 4.84. The van der Waals surface area contributed by atoms with E-state index in [1.165, 1.54) is 6.07 Å². The zero-order valence-electron chi connectivity index (χ0n) is 15.9. The molecule has 1 atom stereocenters. The van der Waals surface area contributed by atoms with Crippen LogP contribution in [0.3, 0.4) is 0 Å². The SMILES string of the molecule is [2H]C1([2H])C(=O)CCC(C2CCC(c3ccc(F)c(F)c3)CC2)C1([2H])[2H]. The van der Waals surface area contributed by atoms with Crippen molar-refractivity contribution in [2.24, 2.45) is 11.8 Å². The summed E-state index contributed by atoms with van der Waals surface area (Å²) < 4.78 is 58.6. The van der Waals surface area contributed by atoms with Crippen LogP contribution >= 0.6 is 0 Å². The van der Waals surface area contributed by atoms with Crippen LogP contribution in [0.4, 0.5) is 8.78 Å². The number of carbonyl (C=O) groups excluding carboxylic acids is 1. The van der Waals surface area contributed by atoms with E-state index < -0.39 is 36.1 Å². The molecule has 21 heavy (non-hydrogen) atoms. The number of Topliss-reactive ketones (excluding diaryl/α,β-unsaturated/α-hetero) is 1. The van der Waals surface area contributed by atoms with Crippen LogP contribution in [-0.4, -0.2) is 5.78 Å². The zero-order valence-corrected chi connectivity index (χ0v) is 11.9. The van der Waals surface area contributed by atoms with Gasteiger partial charge in [0.05, 0.1) is 0 Å². The Hall–Kier alpha value is -1.25. The first kappa shape index (κ1) is 10.5. The summed E-state index contributed by atoms with van der Waals surface area (Å²) in [5, 5.41) is 0. The Morgan fingerprint density at radius 1 is 1.00 bits per heavy atom. The number of rotatable bonds is 2. The highest BCUT2D eigenvalue weighted by Crippen LogP contribution is 2.42. The first-order valence-electron chi connectivity index (χ1n) is 9.63. The molecule has 114 valence electrons. The Balaban J connectivity index is 1.70. The van der Waals surface area contributed by atoms with Gasteiger partial charge in [0.15, 0.2) is 11.6 Å². The molecule has 3 heteroatoms. The second-order valence-electron chi connectivity index (χ2n) is 6.12. The largest absolute Gasteiger partial charge is 0.300 e. The van der Waals surface area contributed by atoms with E-state index in [9.17, 15) is 13.6 Å². The van der Waals surface area contributed by atoms with E-state index >= 15 is 0 Å². The van der Waals surface area contributed by atoms with Gasteiger partial charge >= 0.3 is 0 Å². The predicted molar refractivity (Wildman–Crippen MR) is 78.0 cm³/mol. The lowest BCUT2D eigenvalue weighted by Crippen LogP contribution is -2.25. The molecule has 0 aromatic heterocycles. The maximum atomic E-state index is 13.4. The summed E-state index contributed by atoms with van der Waals surface area (Å²) in [6.45, 7) is 0. The van der Waals surface area contributed by atoms with Crippen molar-refractivity contribution in [3.8, 4) is 0 Å². The Morgan fingerprint density at radius 3 is 2.48 bits per heavy atom. The second-order valence-corrected chi connectivity index (χ2v) is 6.12. The van der Waals surface area contributed by atoms with Gasteiger partial charge in [0.2, 0.25) is 0 Å². The van der Waals surface area contributed by atoms with E-state index in [0.29, 0.717) is 19.3 Å². The van der Waals surface area contributed by atoms with Gasteiger partial charge in [-0.2, -0.15) is 0 Å². The average Bonchev–Trinajstić information content (AvgIpc) is 2.56. The number of benzene rings is 1. The molecule has 0 saturated heterocycles. The topological polar surface area (TPSA) is 17.1 Å². The molecular weight excluding hydrogens is 270 g/mol. The van der Waals surface area contributed by atoms with Crippen LogP contribution in [-0.2, 0) is 4.79 Å². The number of hydrogen-bond donors (Lipinski definition) is 0. The number of ketones is 1. The Kier molecular flexibility index (Phi) is 3.12. The van der Waals surface area contributed by atoms with Gasteiger partial charge in [-0.15, -0.1) is 0 Å². The summed E-state index contributed by atoms with van der Waals surface area (Å²) in [5.41, 5.74) is 0.759. The molecule has 3 rings (SSSR count). The summed E-state index contributed by atoms with van der Waals surface area (Å²) >= 11 is 0. The fraction of sp³-hybridized carbons (Fsp3) is 0.611. The van der Waals surface area contributed by atoms with Crippen LogP contribution in [0, 0.1) is 23.5 Å². The molecule has 0 amide bonds. The standard InChI is InChI=1S/C18H22F2O/c19-17-10-7-15(11-18(17)20)14-3-1-12(2-4-14)13-5-8-16(21)9-6-13/h7,10-14H,1-6,8-9H2/i5D2,8D2. The molecule has 0 radical (unpaired) electrons. The van der Waals surface area contributed by atoms with E-state index in [0.717, 1.165) is 24.5 Å². The number of halogens is 2. The van der Waals surface area contributed by atoms with E-state index in [-0.39, 0.29) is 18.3 Å². The fourth-order valence-corrected chi connectivity index (χ4v) is 3.57. The highest BCUT2D eigenvalue weighted by Gasteiger charge is 2.30. The third-order valence-corrected chi connectivity index (χ3v) is 4.84. The van der Waals surface area contributed by atoms with Gasteiger partial charge in [0.25, 0.3) is 0 Å². The average molecular weight is 296 g/mol. The minimum absolute atomic E-state index is 0.0136. The van der Waals surface area contributed by atoms with Crippen LogP contribution < -0.4 is 0 Å². The Bertz CT molecular complexity index is 669. The normalized spacial score (nSPS) is 38.0. The molecule has 0 aliphatic heterocycles. The van der Waals surface area contributed by atoms with Crippen molar-refractivity contribution >= 4 is 5.78 Å². The maximum absolute atomic E-state index is 13.4. The number of carbonyl (C=O) groups is 1. The highest BCUT2D eigenvalue weighted by molar-refractivity contribution is 5.79. The highest BCUT2D eigenvalue weighted by atomic mass is 19.2. The third kappa shape index (κ3) is 3.33. The molecule has 0 heterocycles. The minimum atomic E-state index is -2.44. The minimum Gasteiger partial charge on any atom is -0.300 e. The molecule has 0 N–H and O–H groups in total. The van der Waals surface area contributed by atoms with Crippen molar-refractivity contribution in [1.29, 1.82) is 0 Å². The quantitative estimate of drug-likeness (QED) is 0.750. The summed E-state index contributed by atoms with van der Waals surface area (Å²) in [6, 6.07) is 3.97. The molecule has 2 fully saturated rings. The molecular formula is C18H22F2O. The molecule has 0 bridgehead atoms. The molecule has 1 aromatic rings. The Labute approximate surface area is 130 Å². The van der Waals surface area contributed by atoms with Crippen molar-refractivity contribution in [1.82, 2.24) is 0 Å². The van der Waals surface area contributed by atoms with Gasteiger partial charge in [0, 0.05) is 18.3 Å². The predicted octanol–water partition coefficient (Wildman–Crippen LogP) is 5.00. The van der Waals surface area contributed by atoms with E-state index in [4.69, 9.17) is 5.48 Å². The van der Waals surface area contributed by atoms with Crippen LogP contribution in [0.15, 0.2) is 18.2 Å². The fourth-order valence-electron chi connectivity index (χ4n) is 3.57. The van der Waals surface area contributed by atoms with E-state index in [1.54, 1.807) is 6.07 Å². The van der Waals surface area contributed by atoms with E-state index in [2.05, 4.69) is 0 Å². The molecule has 1 aromatic carbocycles. The lowest BCUT2D eigenvalue weighted by Gasteiger charge is -2.35. The van der Waals surface area contributed by atoms with Gasteiger partial charge in [-0.3, -0.25) is 4.79 Å². The molecule has 0 spiro atoms. The summed E-state index contributed by atoms with van der Waals surface area (Å²) in [7, 11) is 0. The molecule has 1 unspecified atom stereocenters. The van der Waals surface area contributed by atoms with Gasteiger partial charge in [-0.1, -0.05) is 6.07 Å². The van der Waals surface area contributed by atoms with Crippen molar-refractivity contribution < 1.29 is 19.1 Å². The van der Waals surface area contributed by atoms with Gasteiger partial charge in [-0.05, 0) is 73.9 Å². The van der Waals surface area contributed by atoms with Crippen LogP contribution in [0.1, 0.15) is 68.2 Å². The van der Waals surface area contributed by atoms with Gasteiger partial charge in [0.1, 0.15) is 5.78 Å². The van der Waals surface area contributed by atoms with Gasteiger partial charge < -0.3 is 0 Å². The van der Waals surface area contributed by atoms with Crippen LogP contribution in [0.5, 0.6) is 0 Å². The zero-order chi connectivity index (χ0) is 18.4. The lowest BCUT2D eigenvalue weighted by molar-refractivity contribution is -0.121. The summed E-state index contributed by atoms with van der Waals surface area (Å²) in [6.07, 6.45) is -1.25. The first-order valence-corrected chi connectivity index (χ1v) is 7.63. The monoisotopic (exact) mass is 296 g/mol. The Morgan fingerprint density at radius 2 is 1.76 bits per heavy atom. The molecule has 2 aliphatic carbocycles. The number of hydrogen-bond acceptors (Lipinski definition) is 1. The lowest BCUT2D eigenvalue weighted by atomic mass is 9.70. The van der Waals surface area contributed by atoms with Crippen LogP contribution in [0.2, 0.25) is 0 Å². The van der Waals surface area contributed by atoms with Crippen molar-refractivity contribution in [3.05, 3.63) is 35.4 Å². The molecule has 2 saturated carbocycles. The maximum Gasteiger partial charge on any atom is 0.159 e. The first-order chi connectivity index (χ1) is 11.6. The van der Waals surface area contributed by atoms with E-state index in [1.807, 2.05) is 0 Å². The van der Waals surface area contributed by atoms with Crippen molar-refractivity contribution in [2.75, 3.05) is 0 Å². The molecule has 1 nitrogen and oxygen atoms in total. The smallest absolute Gasteiger partial charge is 0.159 e.